The van der Waals surface area contributed by atoms with Crippen LogP contribution in [-0.4, -0.2) is 18.1 Å². The van der Waals surface area contributed by atoms with Crippen LogP contribution in [0.2, 0.25) is 10.0 Å². The summed E-state index contributed by atoms with van der Waals surface area (Å²) in [6.07, 6.45) is 0. The van der Waals surface area contributed by atoms with Gasteiger partial charge in [-0.1, -0.05) is 41.4 Å². The van der Waals surface area contributed by atoms with E-state index in [1.165, 1.54) is 30.3 Å². The highest BCUT2D eigenvalue weighted by atomic mass is 35.5. The minimum atomic E-state index is -4.58. The molecule has 0 heterocycles. The van der Waals surface area contributed by atoms with Crippen molar-refractivity contribution in [3.05, 3.63) is 58.1 Å². The predicted molar refractivity (Wildman–Crippen MR) is 82.3 cm³/mol. The van der Waals surface area contributed by atoms with Crippen LogP contribution in [-0.2, 0) is 16.8 Å². The number of phenols is 1. The van der Waals surface area contributed by atoms with Gasteiger partial charge in [0.15, 0.2) is 0 Å². The molecule has 21 heavy (non-hydrogen) atoms. The molecule has 0 atom stereocenters. The largest absolute Gasteiger partial charge is 0.506 e. The number of aromatic hydroxyl groups is 1. The van der Waals surface area contributed by atoms with Crippen molar-refractivity contribution in [3.8, 4) is 5.75 Å². The van der Waals surface area contributed by atoms with Gasteiger partial charge in [-0.3, -0.25) is 4.55 Å². The molecule has 0 spiro atoms. The number of hydrogen-bond donors (Lipinski definition) is 2. The van der Waals surface area contributed by atoms with E-state index in [0.717, 1.165) is 0 Å². The zero-order valence-corrected chi connectivity index (χ0v) is 12.9. The first kappa shape index (κ1) is 15.9. The molecule has 0 fully saturated rings. The highest BCUT2D eigenvalue weighted by Gasteiger charge is 2.23. The molecule has 0 aliphatic carbocycles. The van der Waals surface area contributed by atoms with Gasteiger partial charge in [-0.15, -0.1) is 0 Å². The third kappa shape index (κ3) is 3.79. The molecular weight excluding hydrogens is 337 g/mol. The number of benzene rings is 2. The Hall–Kier alpha value is -1.47. The molecular formula is C13H11Cl2NO4S. The molecule has 2 N–H and O–H groups in total. The van der Waals surface area contributed by atoms with E-state index in [0.29, 0.717) is 14.9 Å². The SMILES string of the molecule is O=S(=O)(O)N(Cc1ccc(Cl)cc1Cl)c1ccccc1O. The van der Waals surface area contributed by atoms with Gasteiger partial charge in [-0.2, -0.15) is 8.42 Å². The number of phenolic OH excluding ortho intramolecular Hbond substituents is 1. The number of para-hydroxylation sites is 2. The first-order valence-electron chi connectivity index (χ1n) is 5.76. The van der Waals surface area contributed by atoms with Crippen LogP contribution in [0.4, 0.5) is 5.69 Å². The summed E-state index contributed by atoms with van der Waals surface area (Å²) in [6.45, 7) is -0.244. The second kappa shape index (κ2) is 6.11. The smallest absolute Gasteiger partial charge is 0.360 e. The molecule has 0 unspecified atom stereocenters. The molecule has 0 amide bonds. The molecule has 2 aromatic rings. The van der Waals surface area contributed by atoms with Crippen LogP contribution in [0.15, 0.2) is 42.5 Å². The van der Waals surface area contributed by atoms with E-state index in [1.54, 1.807) is 12.1 Å². The van der Waals surface area contributed by atoms with Crippen molar-refractivity contribution in [1.82, 2.24) is 0 Å². The molecule has 0 saturated heterocycles. The molecule has 5 nitrogen and oxygen atoms in total. The fourth-order valence-electron chi connectivity index (χ4n) is 1.77. The molecule has 0 aliphatic heterocycles. The Morgan fingerprint density at radius 2 is 1.76 bits per heavy atom. The fourth-order valence-corrected chi connectivity index (χ4v) is 2.94. The molecule has 0 bridgehead atoms. The zero-order chi connectivity index (χ0) is 15.6. The van der Waals surface area contributed by atoms with Gasteiger partial charge in [0.2, 0.25) is 0 Å². The number of hydrogen-bond acceptors (Lipinski definition) is 3. The molecule has 0 saturated carbocycles. The summed E-state index contributed by atoms with van der Waals surface area (Å²) in [5.41, 5.74) is 0.382. The average Bonchev–Trinajstić information content (AvgIpc) is 2.38. The first-order valence-corrected chi connectivity index (χ1v) is 7.91. The summed E-state index contributed by atoms with van der Waals surface area (Å²) >= 11 is 11.8. The summed E-state index contributed by atoms with van der Waals surface area (Å²) in [5, 5.41) is 10.4. The highest BCUT2D eigenvalue weighted by molar-refractivity contribution is 7.87. The number of rotatable bonds is 4. The van der Waals surface area contributed by atoms with Gasteiger partial charge < -0.3 is 5.11 Å². The van der Waals surface area contributed by atoms with E-state index in [-0.39, 0.29) is 23.0 Å². The van der Waals surface area contributed by atoms with Crippen LogP contribution in [0.5, 0.6) is 5.75 Å². The van der Waals surface area contributed by atoms with Crippen molar-refractivity contribution in [2.75, 3.05) is 4.31 Å². The first-order chi connectivity index (χ1) is 9.79. The zero-order valence-electron chi connectivity index (χ0n) is 10.6. The standard InChI is InChI=1S/C13H11Cl2NO4S/c14-10-6-5-9(11(15)7-10)8-16(21(18,19)20)12-3-1-2-4-13(12)17/h1-7,17H,8H2,(H,18,19,20). The van der Waals surface area contributed by atoms with E-state index < -0.39 is 10.3 Å². The van der Waals surface area contributed by atoms with Gasteiger partial charge in [-0.25, -0.2) is 4.31 Å². The normalized spacial score (nSPS) is 11.4. The third-order valence-corrected chi connectivity index (χ3v) is 4.23. The lowest BCUT2D eigenvalue weighted by molar-refractivity contribution is 0.464. The quantitative estimate of drug-likeness (QED) is 0.829. The van der Waals surface area contributed by atoms with E-state index in [1.807, 2.05) is 0 Å². The summed E-state index contributed by atoms with van der Waals surface area (Å²) in [5.74, 6) is -0.278. The van der Waals surface area contributed by atoms with E-state index in [2.05, 4.69) is 0 Å². The minimum Gasteiger partial charge on any atom is -0.506 e. The van der Waals surface area contributed by atoms with Crippen LogP contribution >= 0.6 is 23.2 Å². The van der Waals surface area contributed by atoms with E-state index in [4.69, 9.17) is 23.2 Å². The van der Waals surface area contributed by atoms with Crippen molar-refractivity contribution in [3.63, 3.8) is 0 Å². The van der Waals surface area contributed by atoms with Crippen molar-refractivity contribution in [1.29, 1.82) is 0 Å². The fraction of sp³-hybridized carbons (Fsp3) is 0.0769. The van der Waals surface area contributed by atoms with Crippen LogP contribution in [0, 0.1) is 0 Å². The van der Waals surface area contributed by atoms with E-state index in [9.17, 15) is 18.1 Å². The maximum atomic E-state index is 11.6. The monoisotopic (exact) mass is 347 g/mol. The molecule has 8 heteroatoms. The van der Waals surface area contributed by atoms with Gasteiger partial charge in [-0.05, 0) is 29.8 Å². The van der Waals surface area contributed by atoms with Crippen LogP contribution in [0.3, 0.4) is 0 Å². The Balaban J connectivity index is 2.46. The Morgan fingerprint density at radius 1 is 1.10 bits per heavy atom. The Morgan fingerprint density at radius 3 is 2.33 bits per heavy atom. The molecule has 0 aromatic heterocycles. The van der Waals surface area contributed by atoms with Crippen LogP contribution in [0.1, 0.15) is 5.56 Å². The number of anilines is 1. The third-order valence-electron chi connectivity index (χ3n) is 2.76. The van der Waals surface area contributed by atoms with Crippen molar-refractivity contribution in [2.24, 2.45) is 0 Å². The number of nitrogens with zero attached hydrogens (tertiary/aromatic N) is 1. The summed E-state index contributed by atoms with van der Waals surface area (Å²) in [4.78, 5) is 0. The van der Waals surface area contributed by atoms with Gasteiger partial charge in [0.25, 0.3) is 0 Å². The Kier molecular flexibility index (Phi) is 4.63. The average molecular weight is 348 g/mol. The van der Waals surface area contributed by atoms with Gasteiger partial charge in [0, 0.05) is 10.0 Å². The summed E-state index contributed by atoms with van der Waals surface area (Å²) in [6, 6.07) is 10.3. The van der Waals surface area contributed by atoms with Crippen molar-refractivity contribution >= 4 is 39.2 Å². The molecule has 0 radical (unpaired) electrons. The lowest BCUT2D eigenvalue weighted by Gasteiger charge is -2.22. The second-order valence-corrected chi connectivity index (χ2v) is 6.39. The number of halogens is 2. The topological polar surface area (TPSA) is 77.8 Å². The second-order valence-electron chi connectivity index (χ2n) is 4.21. The minimum absolute atomic E-state index is 0.0500. The maximum Gasteiger partial charge on any atom is 0.360 e. The molecule has 2 rings (SSSR count). The lowest BCUT2D eigenvalue weighted by Crippen LogP contribution is -2.29. The van der Waals surface area contributed by atoms with E-state index >= 15 is 0 Å². The van der Waals surface area contributed by atoms with Gasteiger partial charge >= 0.3 is 10.3 Å². The van der Waals surface area contributed by atoms with Crippen molar-refractivity contribution in [2.45, 2.75) is 6.54 Å². The van der Waals surface area contributed by atoms with Crippen molar-refractivity contribution < 1.29 is 18.1 Å². The molecule has 2 aromatic carbocycles. The lowest BCUT2D eigenvalue weighted by atomic mass is 10.2. The predicted octanol–water partition coefficient (Wildman–Crippen LogP) is 3.51. The highest BCUT2D eigenvalue weighted by Crippen LogP contribution is 2.31. The summed E-state index contributed by atoms with van der Waals surface area (Å²) in [7, 11) is -4.58. The van der Waals surface area contributed by atoms with Gasteiger partial charge in [0.05, 0.1) is 12.2 Å². The summed E-state index contributed by atoms with van der Waals surface area (Å²) < 4.78 is 33.2. The Labute approximate surface area is 132 Å². The molecule has 0 aliphatic rings. The van der Waals surface area contributed by atoms with Crippen LogP contribution in [0.25, 0.3) is 0 Å². The maximum absolute atomic E-state index is 11.6. The molecule has 112 valence electrons. The van der Waals surface area contributed by atoms with Crippen LogP contribution < -0.4 is 4.31 Å². The Bertz CT molecular complexity index is 765. The van der Waals surface area contributed by atoms with Gasteiger partial charge in [0.1, 0.15) is 5.75 Å².